The van der Waals surface area contributed by atoms with E-state index in [-0.39, 0.29) is 12.3 Å². The monoisotopic (exact) mass is 313 g/mol. The minimum atomic E-state index is -3.55. The summed E-state index contributed by atoms with van der Waals surface area (Å²) >= 11 is 0. The van der Waals surface area contributed by atoms with Crippen molar-refractivity contribution >= 4 is 15.9 Å². The minimum Gasteiger partial charge on any atom is -0.496 e. The summed E-state index contributed by atoms with van der Waals surface area (Å²) in [4.78, 5) is 11.8. The van der Waals surface area contributed by atoms with Crippen molar-refractivity contribution in [3.05, 3.63) is 29.8 Å². The second kappa shape index (κ2) is 7.45. The number of benzene rings is 1. The molecule has 0 bridgehead atoms. The van der Waals surface area contributed by atoms with Gasteiger partial charge in [0, 0.05) is 6.42 Å². The van der Waals surface area contributed by atoms with Gasteiger partial charge in [-0.1, -0.05) is 25.1 Å². The van der Waals surface area contributed by atoms with E-state index in [0.29, 0.717) is 6.42 Å². The Morgan fingerprint density at radius 3 is 2.43 bits per heavy atom. The van der Waals surface area contributed by atoms with Crippen molar-refractivity contribution in [3.63, 3.8) is 0 Å². The van der Waals surface area contributed by atoms with Gasteiger partial charge in [-0.15, -0.1) is 0 Å². The van der Waals surface area contributed by atoms with Gasteiger partial charge in [0.1, 0.15) is 5.75 Å². The number of amides is 1. The molecule has 0 aliphatic rings. The highest BCUT2D eigenvalue weighted by atomic mass is 32.2. The summed E-state index contributed by atoms with van der Waals surface area (Å²) in [7, 11) is -1.95. The van der Waals surface area contributed by atoms with E-state index in [1.54, 1.807) is 7.11 Å². The van der Waals surface area contributed by atoms with Gasteiger partial charge >= 0.3 is 0 Å². The first-order valence-corrected chi connectivity index (χ1v) is 8.47. The Morgan fingerprint density at radius 1 is 1.24 bits per heavy atom. The van der Waals surface area contributed by atoms with Crippen molar-refractivity contribution in [2.24, 2.45) is 5.92 Å². The highest BCUT2D eigenvalue weighted by Gasteiger charge is 2.20. The lowest BCUT2D eigenvalue weighted by Gasteiger charge is -2.15. The molecule has 0 heterocycles. The Balaban J connectivity index is 2.62. The van der Waals surface area contributed by atoms with E-state index in [0.717, 1.165) is 11.3 Å². The fraction of sp³-hybridized carbons (Fsp3) is 0.533. The van der Waals surface area contributed by atoms with Crippen molar-refractivity contribution in [1.82, 2.24) is 4.72 Å². The van der Waals surface area contributed by atoms with E-state index in [2.05, 4.69) is 4.72 Å². The zero-order chi connectivity index (χ0) is 16.0. The Labute approximate surface area is 126 Å². The molecule has 1 rings (SSSR count). The fourth-order valence-electron chi connectivity index (χ4n) is 1.95. The lowest BCUT2D eigenvalue weighted by atomic mass is 9.97. The molecular formula is C15H23NO4S. The van der Waals surface area contributed by atoms with Gasteiger partial charge in [-0.25, -0.2) is 8.42 Å². The molecule has 0 radical (unpaired) electrons. The van der Waals surface area contributed by atoms with Crippen LogP contribution < -0.4 is 9.46 Å². The number of hydrogen-bond acceptors (Lipinski definition) is 4. The number of nitrogens with one attached hydrogen (secondary N) is 1. The SMILES string of the molecule is COc1ccccc1C[C@@H](C)CC(=O)NS(=O)(=O)C(C)C. The molecule has 1 aromatic carbocycles. The fourth-order valence-corrected chi connectivity index (χ4v) is 2.59. The van der Waals surface area contributed by atoms with Crippen LogP contribution in [0.3, 0.4) is 0 Å². The van der Waals surface area contributed by atoms with E-state index in [1.807, 2.05) is 31.2 Å². The maximum atomic E-state index is 11.8. The number of hydrogen-bond donors (Lipinski definition) is 1. The average Bonchev–Trinajstić information content (AvgIpc) is 2.38. The molecule has 0 saturated carbocycles. The molecule has 21 heavy (non-hydrogen) atoms. The van der Waals surface area contributed by atoms with Crippen LogP contribution in [-0.4, -0.2) is 26.7 Å². The molecule has 0 aliphatic heterocycles. The molecule has 1 atom stereocenters. The van der Waals surface area contributed by atoms with Gasteiger partial charge < -0.3 is 4.74 Å². The lowest BCUT2D eigenvalue weighted by molar-refractivity contribution is -0.120. The molecule has 1 amide bonds. The molecular weight excluding hydrogens is 290 g/mol. The Bertz CT molecular complexity index is 581. The molecule has 5 nitrogen and oxygen atoms in total. The van der Waals surface area contributed by atoms with Crippen LogP contribution in [0.15, 0.2) is 24.3 Å². The number of para-hydroxylation sites is 1. The van der Waals surface area contributed by atoms with E-state index in [1.165, 1.54) is 13.8 Å². The zero-order valence-electron chi connectivity index (χ0n) is 12.9. The third-order valence-corrected chi connectivity index (χ3v) is 4.92. The van der Waals surface area contributed by atoms with Gasteiger partial charge in [0.25, 0.3) is 0 Å². The molecule has 0 spiro atoms. The van der Waals surface area contributed by atoms with Crippen LogP contribution >= 0.6 is 0 Å². The standard InChI is InChI=1S/C15H23NO4S/c1-11(2)21(18,19)16-15(17)10-12(3)9-13-7-5-6-8-14(13)20-4/h5-8,11-12H,9-10H2,1-4H3,(H,16,17)/t12-/m1/s1. The summed E-state index contributed by atoms with van der Waals surface area (Å²) in [5.41, 5.74) is 1.01. The number of rotatable bonds is 7. The highest BCUT2D eigenvalue weighted by Crippen LogP contribution is 2.22. The van der Waals surface area contributed by atoms with Crippen molar-refractivity contribution in [1.29, 1.82) is 0 Å². The van der Waals surface area contributed by atoms with Gasteiger partial charge in [-0.3, -0.25) is 9.52 Å². The summed E-state index contributed by atoms with van der Waals surface area (Å²) in [5.74, 6) is 0.328. The summed E-state index contributed by atoms with van der Waals surface area (Å²) in [5, 5.41) is -0.619. The van der Waals surface area contributed by atoms with E-state index < -0.39 is 21.2 Å². The van der Waals surface area contributed by atoms with Crippen molar-refractivity contribution < 1.29 is 17.9 Å². The van der Waals surface area contributed by atoms with Crippen molar-refractivity contribution in [2.45, 2.75) is 38.9 Å². The largest absolute Gasteiger partial charge is 0.496 e. The number of sulfonamides is 1. The molecule has 1 aromatic rings. The lowest BCUT2D eigenvalue weighted by Crippen LogP contribution is -2.36. The van der Waals surface area contributed by atoms with Gasteiger partial charge in [0.15, 0.2) is 0 Å². The first-order chi connectivity index (χ1) is 9.76. The van der Waals surface area contributed by atoms with Crippen LogP contribution in [0.2, 0.25) is 0 Å². The van der Waals surface area contributed by atoms with Crippen LogP contribution in [0.25, 0.3) is 0 Å². The number of carbonyl (C=O) groups excluding carboxylic acids is 1. The van der Waals surface area contributed by atoms with E-state index in [4.69, 9.17) is 4.74 Å². The molecule has 0 saturated heterocycles. The third kappa shape index (κ3) is 5.38. The second-order valence-corrected chi connectivity index (χ2v) is 7.68. The molecule has 0 aromatic heterocycles. The van der Waals surface area contributed by atoms with Crippen molar-refractivity contribution in [2.75, 3.05) is 7.11 Å². The quantitative estimate of drug-likeness (QED) is 0.837. The van der Waals surface area contributed by atoms with Crippen LogP contribution in [0.4, 0.5) is 0 Å². The van der Waals surface area contributed by atoms with Crippen LogP contribution in [-0.2, 0) is 21.2 Å². The molecule has 0 unspecified atom stereocenters. The minimum absolute atomic E-state index is 0.0173. The number of carbonyl (C=O) groups is 1. The molecule has 6 heteroatoms. The maximum absolute atomic E-state index is 11.8. The number of ether oxygens (including phenoxy) is 1. The van der Waals surface area contributed by atoms with Gasteiger partial charge in [-0.05, 0) is 37.8 Å². The topological polar surface area (TPSA) is 72.5 Å². The van der Waals surface area contributed by atoms with Gasteiger partial charge in [0.05, 0.1) is 12.4 Å². The Hall–Kier alpha value is -1.56. The maximum Gasteiger partial charge on any atom is 0.237 e. The first kappa shape index (κ1) is 17.5. The smallest absolute Gasteiger partial charge is 0.237 e. The first-order valence-electron chi connectivity index (χ1n) is 6.92. The zero-order valence-corrected chi connectivity index (χ0v) is 13.7. The van der Waals surface area contributed by atoms with E-state index in [9.17, 15) is 13.2 Å². The molecule has 1 N–H and O–H groups in total. The molecule has 0 aliphatic carbocycles. The summed E-state index contributed by atoms with van der Waals surface area (Å²) < 4.78 is 30.6. The van der Waals surface area contributed by atoms with Crippen LogP contribution in [0, 0.1) is 5.92 Å². The third-order valence-electron chi connectivity index (χ3n) is 3.17. The van der Waals surface area contributed by atoms with Gasteiger partial charge in [-0.2, -0.15) is 0 Å². The van der Waals surface area contributed by atoms with Gasteiger partial charge in [0.2, 0.25) is 15.9 Å². The summed E-state index contributed by atoms with van der Waals surface area (Å²) in [6.07, 6.45) is 0.809. The van der Waals surface area contributed by atoms with Crippen LogP contribution in [0.5, 0.6) is 5.75 Å². The van der Waals surface area contributed by atoms with Crippen molar-refractivity contribution in [3.8, 4) is 5.75 Å². The Morgan fingerprint density at radius 2 is 1.86 bits per heavy atom. The molecule has 0 fully saturated rings. The highest BCUT2D eigenvalue weighted by molar-refractivity contribution is 7.90. The summed E-state index contributed by atoms with van der Waals surface area (Å²) in [6.45, 7) is 4.98. The normalized spacial score (nSPS) is 13.0. The molecule has 118 valence electrons. The Kier molecular flexibility index (Phi) is 6.20. The predicted molar refractivity (Wildman–Crippen MR) is 82.7 cm³/mol. The van der Waals surface area contributed by atoms with E-state index >= 15 is 0 Å². The predicted octanol–water partition coefficient (Wildman–Crippen LogP) is 2.12. The second-order valence-electron chi connectivity index (χ2n) is 5.44. The van der Waals surface area contributed by atoms with Crippen LogP contribution in [0.1, 0.15) is 32.8 Å². The summed E-state index contributed by atoms with van der Waals surface area (Å²) in [6, 6.07) is 7.60. The number of methoxy groups -OCH3 is 1. The average molecular weight is 313 g/mol.